The molecule has 1 aliphatic carbocycles. The highest BCUT2D eigenvalue weighted by molar-refractivity contribution is 9.10. The predicted molar refractivity (Wildman–Crippen MR) is 66.6 cm³/mol. The number of aliphatic hydroxyl groups is 1. The van der Waals surface area contributed by atoms with Gasteiger partial charge < -0.3 is 10.4 Å². The minimum Gasteiger partial charge on any atom is -0.388 e. The lowest BCUT2D eigenvalue weighted by molar-refractivity contribution is 0.0577. The molecule has 88 valence electrons. The summed E-state index contributed by atoms with van der Waals surface area (Å²) >= 11 is 9.08. The molecule has 1 aromatic heterocycles. The normalized spacial score (nSPS) is 29.4. The molecule has 0 aliphatic heterocycles. The van der Waals surface area contributed by atoms with Gasteiger partial charge in [0.1, 0.15) is 5.82 Å². The average Bonchev–Trinajstić information content (AvgIpc) is 2.52. The highest BCUT2D eigenvalue weighted by Crippen LogP contribution is 2.33. The van der Waals surface area contributed by atoms with Crippen molar-refractivity contribution >= 4 is 33.3 Å². The monoisotopic (exact) mass is 305 g/mol. The van der Waals surface area contributed by atoms with Gasteiger partial charge in [0.25, 0.3) is 0 Å². The zero-order valence-corrected chi connectivity index (χ0v) is 11.2. The third-order valence-electron chi connectivity index (χ3n) is 2.95. The molecule has 4 nitrogen and oxygen atoms in total. The predicted octanol–water partition coefficient (Wildman–Crippen LogP) is 2.61. The molecule has 0 aromatic carbocycles. The van der Waals surface area contributed by atoms with Crippen molar-refractivity contribution in [2.24, 2.45) is 0 Å². The molecule has 0 bridgehead atoms. The quantitative estimate of drug-likeness (QED) is 0.825. The molecule has 6 heteroatoms. The minimum absolute atomic E-state index is 0.00904. The van der Waals surface area contributed by atoms with Crippen molar-refractivity contribution in [3.63, 3.8) is 0 Å². The van der Waals surface area contributed by atoms with Crippen molar-refractivity contribution in [1.82, 2.24) is 9.97 Å². The van der Waals surface area contributed by atoms with Gasteiger partial charge in [-0.2, -0.15) is 4.98 Å². The molecule has 2 unspecified atom stereocenters. The third-order valence-corrected chi connectivity index (χ3v) is 3.71. The summed E-state index contributed by atoms with van der Waals surface area (Å²) in [6, 6.07) is 0.00904. The molecule has 2 N–H and O–H groups in total. The number of anilines is 1. The zero-order valence-electron chi connectivity index (χ0n) is 8.87. The van der Waals surface area contributed by atoms with Gasteiger partial charge in [-0.1, -0.05) is 0 Å². The molecule has 0 spiro atoms. The first kappa shape index (κ1) is 12.1. The Morgan fingerprint density at radius 3 is 3.06 bits per heavy atom. The fourth-order valence-corrected chi connectivity index (χ4v) is 2.43. The summed E-state index contributed by atoms with van der Waals surface area (Å²) in [5.41, 5.74) is -0.684. The summed E-state index contributed by atoms with van der Waals surface area (Å²) in [5.74, 6) is 0.632. The van der Waals surface area contributed by atoms with Crippen molar-refractivity contribution < 1.29 is 5.11 Å². The lowest BCUT2D eigenvalue weighted by atomic mass is 10.0. The second kappa shape index (κ2) is 4.47. The van der Waals surface area contributed by atoms with E-state index in [-0.39, 0.29) is 11.3 Å². The number of halogens is 2. The summed E-state index contributed by atoms with van der Waals surface area (Å²) in [7, 11) is 0. The lowest BCUT2D eigenvalue weighted by Crippen LogP contribution is -2.39. The van der Waals surface area contributed by atoms with Crippen LogP contribution in [0.2, 0.25) is 5.28 Å². The first-order valence-corrected chi connectivity index (χ1v) is 6.33. The Morgan fingerprint density at radius 2 is 2.44 bits per heavy atom. The number of hydrogen-bond acceptors (Lipinski definition) is 4. The van der Waals surface area contributed by atoms with E-state index in [0.717, 1.165) is 23.7 Å². The van der Waals surface area contributed by atoms with Crippen molar-refractivity contribution in [3.05, 3.63) is 16.0 Å². The molecule has 2 atom stereocenters. The van der Waals surface area contributed by atoms with E-state index in [1.807, 2.05) is 6.92 Å². The van der Waals surface area contributed by atoms with Crippen LogP contribution in [0.5, 0.6) is 0 Å². The van der Waals surface area contributed by atoms with E-state index in [1.54, 1.807) is 6.20 Å². The SMILES string of the molecule is CC1(O)CCCC1Nc1nc(Cl)ncc1Br. The van der Waals surface area contributed by atoms with E-state index in [0.29, 0.717) is 5.82 Å². The smallest absolute Gasteiger partial charge is 0.224 e. The Hall–Kier alpha value is -0.390. The topological polar surface area (TPSA) is 58.0 Å². The van der Waals surface area contributed by atoms with Crippen LogP contribution in [0.4, 0.5) is 5.82 Å². The van der Waals surface area contributed by atoms with Crippen molar-refractivity contribution in [2.45, 2.75) is 37.8 Å². The molecular formula is C10H13BrClN3O. The molecule has 0 radical (unpaired) electrons. The summed E-state index contributed by atoms with van der Waals surface area (Å²) in [5, 5.41) is 13.5. The first-order valence-electron chi connectivity index (χ1n) is 5.16. The van der Waals surface area contributed by atoms with Gasteiger partial charge in [-0.15, -0.1) is 0 Å². The largest absolute Gasteiger partial charge is 0.388 e. The molecule has 1 aromatic rings. The van der Waals surface area contributed by atoms with Gasteiger partial charge in [0.05, 0.1) is 16.1 Å². The highest BCUT2D eigenvalue weighted by atomic mass is 79.9. The van der Waals surface area contributed by atoms with E-state index in [2.05, 4.69) is 31.2 Å². The fraction of sp³-hybridized carbons (Fsp3) is 0.600. The van der Waals surface area contributed by atoms with Crippen LogP contribution in [0.3, 0.4) is 0 Å². The Balaban J connectivity index is 2.17. The van der Waals surface area contributed by atoms with Gasteiger partial charge in [0.2, 0.25) is 5.28 Å². The van der Waals surface area contributed by atoms with Gasteiger partial charge >= 0.3 is 0 Å². The van der Waals surface area contributed by atoms with Crippen molar-refractivity contribution in [1.29, 1.82) is 0 Å². The first-order chi connectivity index (χ1) is 7.49. The molecule has 1 fully saturated rings. The number of aromatic nitrogens is 2. The second-order valence-corrected chi connectivity index (χ2v) is 5.47. The summed E-state index contributed by atoms with van der Waals surface area (Å²) in [6.45, 7) is 1.84. The number of rotatable bonds is 2. The Kier molecular flexibility index (Phi) is 3.37. The van der Waals surface area contributed by atoms with Crippen LogP contribution in [0.25, 0.3) is 0 Å². The molecule has 16 heavy (non-hydrogen) atoms. The number of nitrogens with one attached hydrogen (secondary N) is 1. The van der Waals surface area contributed by atoms with Gasteiger partial charge in [-0.3, -0.25) is 0 Å². The number of hydrogen-bond donors (Lipinski definition) is 2. The zero-order chi connectivity index (χ0) is 11.8. The molecule has 0 saturated heterocycles. The standard InChI is InChI=1S/C10H13BrClN3O/c1-10(16)4-2-3-7(10)14-8-6(11)5-13-9(12)15-8/h5,7,16H,2-4H2,1H3,(H,13,14,15). The fourth-order valence-electron chi connectivity index (χ4n) is 1.99. The maximum Gasteiger partial charge on any atom is 0.224 e. The maximum absolute atomic E-state index is 10.1. The van der Waals surface area contributed by atoms with E-state index in [9.17, 15) is 5.11 Å². The van der Waals surface area contributed by atoms with Gasteiger partial charge in [-0.25, -0.2) is 4.98 Å². The summed E-state index contributed by atoms with van der Waals surface area (Å²) in [6.07, 6.45) is 4.35. The van der Waals surface area contributed by atoms with E-state index < -0.39 is 5.60 Å². The Morgan fingerprint density at radius 1 is 1.69 bits per heavy atom. The summed E-state index contributed by atoms with van der Waals surface area (Å²) < 4.78 is 0.750. The van der Waals surface area contributed by atoms with Crippen molar-refractivity contribution in [2.75, 3.05) is 5.32 Å². The van der Waals surface area contributed by atoms with E-state index >= 15 is 0 Å². The number of nitrogens with zero attached hydrogens (tertiary/aromatic N) is 2. The van der Waals surface area contributed by atoms with Crippen LogP contribution >= 0.6 is 27.5 Å². The van der Waals surface area contributed by atoms with Gasteiger partial charge in [0.15, 0.2) is 0 Å². The molecule has 1 heterocycles. The Labute approximate surface area is 108 Å². The lowest BCUT2D eigenvalue weighted by Gasteiger charge is -2.27. The maximum atomic E-state index is 10.1. The molecule has 1 saturated carbocycles. The molecule has 0 amide bonds. The van der Waals surface area contributed by atoms with Crippen molar-refractivity contribution in [3.8, 4) is 0 Å². The molecule has 1 aliphatic rings. The second-order valence-electron chi connectivity index (χ2n) is 4.28. The third kappa shape index (κ3) is 2.47. The van der Waals surface area contributed by atoms with Gasteiger partial charge in [-0.05, 0) is 53.7 Å². The van der Waals surface area contributed by atoms with Crippen LogP contribution in [-0.2, 0) is 0 Å². The van der Waals surface area contributed by atoms with Crippen LogP contribution in [-0.4, -0.2) is 26.7 Å². The molecule has 2 rings (SSSR count). The summed E-state index contributed by atoms with van der Waals surface area (Å²) in [4.78, 5) is 7.94. The van der Waals surface area contributed by atoms with Crippen LogP contribution < -0.4 is 5.32 Å². The van der Waals surface area contributed by atoms with E-state index in [4.69, 9.17) is 11.6 Å². The Bertz CT molecular complexity index is 400. The van der Waals surface area contributed by atoms with Crippen LogP contribution in [0.15, 0.2) is 10.7 Å². The molecular weight excluding hydrogens is 293 g/mol. The highest BCUT2D eigenvalue weighted by Gasteiger charge is 2.37. The van der Waals surface area contributed by atoms with Crippen LogP contribution in [0, 0.1) is 0 Å². The van der Waals surface area contributed by atoms with Gasteiger partial charge in [0, 0.05) is 6.20 Å². The van der Waals surface area contributed by atoms with E-state index in [1.165, 1.54) is 0 Å². The van der Waals surface area contributed by atoms with Crippen LogP contribution in [0.1, 0.15) is 26.2 Å². The minimum atomic E-state index is -0.684. The average molecular weight is 307 g/mol.